The number of sulfone groups is 1. The van der Waals surface area contributed by atoms with Gasteiger partial charge in [0, 0.05) is 17.6 Å². The van der Waals surface area contributed by atoms with Crippen LogP contribution in [0.3, 0.4) is 0 Å². The van der Waals surface area contributed by atoms with Crippen molar-refractivity contribution in [1.82, 2.24) is 4.90 Å². The molecule has 1 aliphatic heterocycles. The Morgan fingerprint density at radius 2 is 1.91 bits per heavy atom. The number of hydrogen-bond donors (Lipinski definition) is 0. The topological polar surface area (TPSA) is 37.4 Å². The van der Waals surface area contributed by atoms with Crippen LogP contribution in [0.2, 0.25) is 0 Å². The van der Waals surface area contributed by atoms with E-state index in [1.54, 1.807) is 24.3 Å². The second-order valence-corrected chi connectivity index (χ2v) is 10.00. The summed E-state index contributed by atoms with van der Waals surface area (Å²) in [4.78, 5) is 2.79. The fourth-order valence-corrected chi connectivity index (χ4v) is 4.88. The van der Waals surface area contributed by atoms with Crippen LogP contribution in [0.4, 0.5) is 0 Å². The second kappa shape index (κ2) is 7.28. The molecule has 5 heteroatoms. The van der Waals surface area contributed by atoms with E-state index in [-0.39, 0.29) is 0 Å². The van der Waals surface area contributed by atoms with Crippen molar-refractivity contribution in [3.63, 3.8) is 0 Å². The lowest BCUT2D eigenvalue weighted by atomic mass is 10.1. The Labute approximate surface area is 142 Å². The van der Waals surface area contributed by atoms with Crippen LogP contribution in [-0.2, 0) is 9.84 Å². The first-order chi connectivity index (χ1) is 10.3. The third-order valence-corrected chi connectivity index (χ3v) is 7.35. The van der Waals surface area contributed by atoms with Gasteiger partial charge in [-0.05, 0) is 51.8 Å². The molecule has 122 valence electrons. The molecule has 2 rings (SSSR count). The molecule has 0 spiro atoms. The Morgan fingerprint density at radius 1 is 1.23 bits per heavy atom. The van der Waals surface area contributed by atoms with Gasteiger partial charge in [-0.25, -0.2) is 8.42 Å². The van der Waals surface area contributed by atoms with Crippen LogP contribution in [0.1, 0.15) is 33.1 Å². The molecule has 0 N–H and O–H groups in total. The van der Waals surface area contributed by atoms with E-state index in [9.17, 15) is 8.42 Å². The Morgan fingerprint density at radius 3 is 2.55 bits per heavy atom. The quantitative estimate of drug-likeness (QED) is 0.742. The van der Waals surface area contributed by atoms with Gasteiger partial charge in [0.2, 0.25) is 0 Å². The summed E-state index contributed by atoms with van der Waals surface area (Å²) in [5.74, 6) is 0. The average Bonchev–Trinajstić information content (AvgIpc) is 2.48. The minimum absolute atomic E-state index is 0.420. The summed E-state index contributed by atoms with van der Waals surface area (Å²) >= 11 is 3.55. The van der Waals surface area contributed by atoms with E-state index >= 15 is 0 Å². The molecular formula is C17H24BrNO2S. The molecule has 0 aliphatic carbocycles. The van der Waals surface area contributed by atoms with Crippen molar-refractivity contribution in [3.8, 4) is 0 Å². The SMILES string of the molecule is CC(C)(CCCN1CCC=C(Br)C1)S(=O)(=O)c1ccccc1. The van der Waals surface area contributed by atoms with E-state index in [0.29, 0.717) is 11.3 Å². The summed E-state index contributed by atoms with van der Waals surface area (Å²) in [5.41, 5.74) is 0. The number of benzene rings is 1. The fraction of sp³-hybridized carbons (Fsp3) is 0.529. The lowest BCUT2D eigenvalue weighted by Gasteiger charge is -2.28. The number of hydrogen-bond acceptors (Lipinski definition) is 3. The number of halogens is 1. The fourth-order valence-electron chi connectivity index (χ4n) is 2.73. The van der Waals surface area contributed by atoms with Crippen molar-refractivity contribution in [2.24, 2.45) is 0 Å². The Hall–Kier alpha value is -0.650. The Bertz CT molecular complexity index is 623. The minimum atomic E-state index is -3.29. The summed E-state index contributed by atoms with van der Waals surface area (Å²) < 4.78 is 26.0. The highest BCUT2D eigenvalue weighted by Crippen LogP contribution is 2.29. The third-order valence-electron chi connectivity index (χ3n) is 4.22. The molecule has 0 saturated heterocycles. The van der Waals surface area contributed by atoms with Gasteiger partial charge in [0.15, 0.2) is 9.84 Å². The van der Waals surface area contributed by atoms with Crippen molar-refractivity contribution in [2.75, 3.05) is 19.6 Å². The molecule has 1 aromatic rings. The maximum Gasteiger partial charge on any atom is 0.183 e. The Kier molecular flexibility index (Phi) is 5.86. The zero-order valence-corrected chi connectivity index (χ0v) is 15.7. The van der Waals surface area contributed by atoms with Gasteiger partial charge in [-0.1, -0.05) is 40.2 Å². The van der Waals surface area contributed by atoms with E-state index in [4.69, 9.17) is 0 Å². The summed E-state index contributed by atoms with van der Waals surface area (Å²) in [6.45, 7) is 6.60. The predicted molar refractivity (Wildman–Crippen MR) is 95.0 cm³/mol. The van der Waals surface area contributed by atoms with Crippen LogP contribution < -0.4 is 0 Å². The van der Waals surface area contributed by atoms with Crippen molar-refractivity contribution in [2.45, 2.75) is 42.8 Å². The van der Waals surface area contributed by atoms with Crippen molar-refractivity contribution < 1.29 is 8.42 Å². The molecule has 1 heterocycles. The highest BCUT2D eigenvalue weighted by molar-refractivity contribution is 9.11. The van der Waals surface area contributed by atoms with Crippen LogP contribution in [0, 0.1) is 0 Å². The first-order valence-electron chi connectivity index (χ1n) is 7.69. The monoisotopic (exact) mass is 385 g/mol. The normalized spacial score (nSPS) is 17.3. The van der Waals surface area contributed by atoms with Crippen molar-refractivity contribution in [1.29, 1.82) is 0 Å². The first kappa shape index (κ1) is 17.7. The lowest BCUT2D eigenvalue weighted by molar-refractivity contribution is 0.285. The molecule has 1 aromatic carbocycles. The van der Waals surface area contributed by atoms with E-state index in [2.05, 4.69) is 26.9 Å². The first-order valence-corrected chi connectivity index (χ1v) is 9.97. The highest BCUT2D eigenvalue weighted by atomic mass is 79.9. The van der Waals surface area contributed by atoms with Gasteiger partial charge in [0.1, 0.15) is 0 Å². The molecule has 0 bridgehead atoms. The number of nitrogens with zero attached hydrogens (tertiary/aromatic N) is 1. The zero-order chi connectivity index (χ0) is 16.2. The summed E-state index contributed by atoms with van der Waals surface area (Å²) in [6.07, 6.45) is 4.83. The van der Waals surface area contributed by atoms with Crippen LogP contribution in [-0.4, -0.2) is 37.7 Å². The van der Waals surface area contributed by atoms with Gasteiger partial charge < -0.3 is 0 Å². The van der Waals surface area contributed by atoms with Crippen LogP contribution in [0.25, 0.3) is 0 Å². The molecule has 0 aromatic heterocycles. The van der Waals surface area contributed by atoms with Crippen LogP contribution >= 0.6 is 15.9 Å². The maximum atomic E-state index is 12.8. The molecule has 3 nitrogen and oxygen atoms in total. The minimum Gasteiger partial charge on any atom is -0.298 e. The summed E-state index contributed by atoms with van der Waals surface area (Å²) in [7, 11) is -3.29. The molecule has 0 saturated carbocycles. The molecule has 0 amide bonds. The van der Waals surface area contributed by atoms with Gasteiger partial charge >= 0.3 is 0 Å². The van der Waals surface area contributed by atoms with Gasteiger partial charge in [-0.15, -0.1) is 0 Å². The smallest absolute Gasteiger partial charge is 0.183 e. The molecule has 0 atom stereocenters. The van der Waals surface area contributed by atoms with Crippen molar-refractivity contribution in [3.05, 3.63) is 40.9 Å². The van der Waals surface area contributed by atoms with Crippen LogP contribution in [0.5, 0.6) is 0 Å². The standard InChI is InChI=1S/C17H24BrNO2S/c1-17(2,22(20,21)16-9-4-3-5-10-16)11-7-13-19-12-6-8-15(18)14-19/h3-5,8-10H,6-7,11-14H2,1-2H3. The molecule has 0 radical (unpaired) electrons. The van der Waals surface area contributed by atoms with Gasteiger partial charge in [0.25, 0.3) is 0 Å². The summed E-state index contributed by atoms with van der Waals surface area (Å²) in [5, 5.41) is 0. The van der Waals surface area contributed by atoms with Gasteiger partial charge in [-0.3, -0.25) is 4.90 Å². The molecule has 22 heavy (non-hydrogen) atoms. The van der Waals surface area contributed by atoms with E-state index < -0.39 is 14.6 Å². The number of rotatable bonds is 6. The van der Waals surface area contributed by atoms with Gasteiger partial charge in [0.05, 0.1) is 9.64 Å². The van der Waals surface area contributed by atoms with E-state index in [1.807, 2.05) is 19.9 Å². The molecular weight excluding hydrogens is 362 g/mol. The second-order valence-electron chi connectivity index (χ2n) is 6.40. The average molecular weight is 386 g/mol. The summed E-state index contributed by atoms with van der Waals surface area (Å²) in [6, 6.07) is 8.77. The largest absolute Gasteiger partial charge is 0.298 e. The van der Waals surface area contributed by atoms with E-state index in [0.717, 1.165) is 32.5 Å². The molecule has 1 aliphatic rings. The Balaban J connectivity index is 1.95. The predicted octanol–water partition coefficient (Wildman–Crippen LogP) is 4.00. The highest BCUT2D eigenvalue weighted by Gasteiger charge is 2.35. The molecule has 0 fully saturated rings. The van der Waals surface area contributed by atoms with Gasteiger partial charge in [-0.2, -0.15) is 0 Å². The molecule has 0 unspecified atom stereocenters. The third kappa shape index (κ3) is 4.21. The zero-order valence-electron chi connectivity index (χ0n) is 13.3. The van der Waals surface area contributed by atoms with E-state index in [1.165, 1.54) is 4.48 Å². The maximum absolute atomic E-state index is 12.8. The van der Waals surface area contributed by atoms with Crippen LogP contribution in [0.15, 0.2) is 45.8 Å². The van der Waals surface area contributed by atoms with Crippen molar-refractivity contribution >= 4 is 25.8 Å². The lowest BCUT2D eigenvalue weighted by Crippen LogP contribution is -2.35.